The molecule has 0 spiro atoms. The van der Waals surface area contributed by atoms with Gasteiger partial charge in [0.25, 0.3) is 0 Å². The van der Waals surface area contributed by atoms with Crippen LogP contribution >= 0.6 is 31.9 Å². The maximum Gasteiger partial charge on any atom is 0.136 e. The first-order valence-electron chi connectivity index (χ1n) is 7.05. The summed E-state index contributed by atoms with van der Waals surface area (Å²) in [6.07, 6.45) is 0.645. The third-order valence-electron chi connectivity index (χ3n) is 3.17. The minimum Gasteiger partial charge on any atom is -0.492 e. The third-order valence-corrected chi connectivity index (χ3v) is 4.35. The maximum atomic E-state index is 13.2. The Balaban J connectivity index is 1.85. The van der Waals surface area contributed by atoms with Crippen LogP contribution in [0.25, 0.3) is 0 Å². The number of rotatable bonds is 6. The van der Waals surface area contributed by atoms with Crippen molar-refractivity contribution in [3.8, 4) is 11.5 Å². The molecule has 0 amide bonds. The van der Waals surface area contributed by atoms with E-state index in [1.165, 1.54) is 24.3 Å². The Kier molecular flexibility index (Phi) is 6.41. The van der Waals surface area contributed by atoms with Gasteiger partial charge in [0.2, 0.25) is 0 Å². The van der Waals surface area contributed by atoms with Gasteiger partial charge in [-0.2, -0.15) is 0 Å². The van der Waals surface area contributed by atoms with Crippen molar-refractivity contribution in [3.63, 3.8) is 0 Å². The van der Waals surface area contributed by atoms with E-state index in [2.05, 4.69) is 31.9 Å². The maximum absolute atomic E-state index is 13.2. The minimum absolute atomic E-state index is 0.304. The van der Waals surface area contributed by atoms with E-state index in [1.807, 2.05) is 0 Å². The van der Waals surface area contributed by atoms with E-state index in [9.17, 15) is 8.78 Å². The van der Waals surface area contributed by atoms with Crippen molar-refractivity contribution in [1.29, 1.82) is 0 Å². The fourth-order valence-electron chi connectivity index (χ4n) is 2.15. The highest BCUT2D eigenvalue weighted by Crippen LogP contribution is 2.31. The molecule has 0 bridgehead atoms. The molecule has 0 heterocycles. The van der Waals surface area contributed by atoms with E-state index in [0.717, 1.165) is 11.1 Å². The van der Waals surface area contributed by atoms with Crippen LogP contribution in [-0.2, 0) is 0 Å². The van der Waals surface area contributed by atoms with Gasteiger partial charge in [-0.15, -0.1) is 0 Å². The molecule has 6 heteroatoms. The molecule has 0 aliphatic rings. The van der Waals surface area contributed by atoms with E-state index < -0.39 is 0 Å². The lowest BCUT2D eigenvalue weighted by Gasteiger charge is -2.13. The van der Waals surface area contributed by atoms with Gasteiger partial charge in [-0.25, -0.2) is 8.78 Å². The Labute approximate surface area is 151 Å². The summed E-state index contributed by atoms with van der Waals surface area (Å²) in [7, 11) is 0. The predicted molar refractivity (Wildman–Crippen MR) is 93.3 cm³/mol. The molecule has 0 saturated heterocycles. The first-order valence-corrected chi connectivity index (χ1v) is 8.64. The minimum atomic E-state index is -0.304. The molecular weight excluding hydrogens is 434 g/mol. The normalized spacial score (nSPS) is 10.7. The van der Waals surface area contributed by atoms with Crippen molar-refractivity contribution in [3.05, 3.63) is 56.0 Å². The van der Waals surface area contributed by atoms with Crippen LogP contribution < -0.4 is 9.47 Å². The van der Waals surface area contributed by atoms with E-state index in [4.69, 9.17) is 9.47 Å². The predicted octanol–water partition coefficient (Wildman–Crippen LogP) is 5.95. The van der Waals surface area contributed by atoms with Gasteiger partial charge < -0.3 is 9.47 Å². The van der Waals surface area contributed by atoms with Crippen LogP contribution in [0.4, 0.5) is 8.78 Å². The molecule has 0 atom stereocenters. The largest absolute Gasteiger partial charge is 0.492 e. The zero-order valence-corrected chi connectivity index (χ0v) is 15.9. The highest BCUT2D eigenvalue weighted by Gasteiger charge is 2.09. The summed E-state index contributed by atoms with van der Waals surface area (Å²) in [6, 6.07) is 5.60. The molecule has 2 rings (SSSR count). The van der Waals surface area contributed by atoms with Gasteiger partial charge in [0.05, 0.1) is 22.2 Å². The summed E-state index contributed by atoms with van der Waals surface area (Å²) in [4.78, 5) is 0. The Morgan fingerprint density at radius 3 is 1.52 bits per heavy atom. The van der Waals surface area contributed by atoms with Crippen LogP contribution in [0.3, 0.4) is 0 Å². The highest BCUT2D eigenvalue weighted by molar-refractivity contribution is 9.10. The molecule has 23 heavy (non-hydrogen) atoms. The van der Waals surface area contributed by atoms with Crippen LogP contribution in [0.2, 0.25) is 0 Å². The quantitative estimate of drug-likeness (QED) is 0.507. The van der Waals surface area contributed by atoms with Crippen molar-refractivity contribution >= 4 is 31.9 Å². The fourth-order valence-corrected chi connectivity index (χ4v) is 3.44. The number of benzene rings is 2. The molecule has 0 saturated carbocycles. The van der Waals surface area contributed by atoms with E-state index in [-0.39, 0.29) is 11.6 Å². The van der Waals surface area contributed by atoms with Crippen LogP contribution in [0.5, 0.6) is 11.5 Å². The average molecular weight is 450 g/mol. The summed E-state index contributed by atoms with van der Waals surface area (Å²) in [5.74, 6) is 0.652. The smallest absolute Gasteiger partial charge is 0.136 e. The van der Waals surface area contributed by atoms with Gasteiger partial charge in [-0.1, -0.05) is 0 Å². The number of halogens is 4. The highest BCUT2D eigenvalue weighted by atomic mass is 79.9. The standard InChI is InChI=1S/C17H16Br2F2O2/c1-10-6-12(20)8-14(18)16(10)22-4-3-5-23-17-11(2)7-13(21)9-15(17)19/h6-9H,3-5H2,1-2H3. The number of ether oxygens (including phenoxy) is 2. The number of hydrogen-bond acceptors (Lipinski definition) is 2. The fraction of sp³-hybridized carbons (Fsp3) is 0.294. The van der Waals surface area contributed by atoms with Crippen LogP contribution in [0, 0.1) is 25.5 Å². The second-order valence-corrected chi connectivity index (χ2v) is 6.83. The second-order valence-electron chi connectivity index (χ2n) is 5.12. The number of aryl methyl sites for hydroxylation is 2. The Morgan fingerprint density at radius 2 is 1.17 bits per heavy atom. The summed E-state index contributed by atoms with van der Waals surface area (Å²) >= 11 is 6.58. The van der Waals surface area contributed by atoms with Crippen molar-refractivity contribution in [2.45, 2.75) is 20.3 Å². The van der Waals surface area contributed by atoms with Gasteiger partial charge in [-0.05, 0) is 81.1 Å². The van der Waals surface area contributed by atoms with E-state index >= 15 is 0 Å². The molecule has 0 aliphatic heterocycles. The topological polar surface area (TPSA) is 18.5 Å². The zero-order chi connectivity index (χ0) is 17.0. The van der Waals surface area contributed by atoms with E-state index in [0.29, 0.717) is 40.1 Å². The summed E-state index contributed by atoms with van der Waals surface area (Å²) in [6.45, 7) is 4.45. The molecule has 0 fully saturated rings. The molecule has 0 unspecified atom stereocenters. The molecule has 2 nitrogen and oxygen atoms in total. The monoisotopic (exact) mass is 448 g/mol. The molecule has 2 aromatic carbocycles. The molecule has 0 N–H and O–H groups in total. The average Bonchev–Trinajstić information content (AvgIpc) is 2.42. The van der Waals surface area contributed by atoms with Crippen molar-refractivity contribution in [1.82, 2.24) is 0 Å². The van der Waals surface area contributed by atoms with Crippen molar-refractivity contribution in [2.24, 2.45) is 0 Å². The SMILES string of the molecule is Cc1cc(F)cc(Br)c1OCCCOc1c(C)cc(F)cc1Br. The third kappa shape index (κ3) is 4.91. The molecular formula is C17H16Br2F2O2. The Hall–Kier alpha value is -1.14. The summed E-state index contributed by atoms with van der Waals surface area (Å²) < 4.78 is 38.9. The van der Waals surface area contributed by atoms with Gasteiger partial charge in [0, 0.05) is 6.42 Å². The van der Waals surface area contributed by atoms with Gasteiger partial charge >= 0.3 is 0 Å². The molecule has 0 radical (unpaired) electrons. The molecule has 0 aliphatic carbocycles. The van der Waals surface area contributed by atoms with E-state index in [1.54, 1.807) is 13.8 Å². The number of hydrogen-bond donors (Lipinski definition) is 0. The lowest BCUT2D eigenvalue weighted by Crippen LogP contribution is -2.07. The van der Waals surface area contributed by atoms with Gasteiger partial charge in [0.1, 0.15) is 23.1 Å². The molecule has 0 aromatic heterocycles. The Morgan fingerprint density at radius 1 is 0.783 bits per heavy atom. The van der Waals surface area contributed by atoms with Crippen molar-refractivity contribution in [2.75, 3.05) is 13.2 Å². The lowest BCUT2D eigenvalue weighted by atomic mass is 10.2. The van der Waals surface area contributed by atoms with Crippen molar-refractivity contribution < 1.29 is 18.3 Å². The zero-order valence-electron chi connectivity index (χ0n) is 12.8. The van der Waals surface area contributed by atoms with Crippen LogP contribution in [0.15, 0.2) is 33.2 Å². The van der Waals surface area contributed by atoms with Gasteiger partial charge in [-0.3, -0.25) is 0 Å². The molecule has 124 valence electrons. The first kappa shape index (κ1) is 18.2. The van der Waals surface area contributed by atoms with Gasteiger partial charge in [0.15, 0.2) is 0 Å². The Bertz CT molecular complexity index is 599. The molecule has 2 aromatic rings. The summed E-state index contributed by atoms with van der Waals surface area (Å²) in [5, 5.41) is 0. The van der Waals surface area contributed by atoms with Crippen LogP contribution in [-0.4, -0.2) is 13.2 Å². The van der Waals surface area contributed by atoms with Crippen LogP contribution in [0.1, 0.15) is 17.5 Å². The summed E-state index contributed by atoms with van der Waals surface area (Å²) in [5.41, 5.74) is 1.46. The second kappa shape index (κ2) is 8.11. The lowest BCUT2D eigenvalue weighted by molar-refractivity contribution is 0.244. The first-order chi connectivity index (χ1) is 10.9.